The Bertz CT molecular complexity index is 1300. The van der Waals surface area contributed by atoms with Crippen LogP contribution in [-0.4, -0.2) is 45.2 Å². The van der Waals surface area contributed by atoms with Crippen LogP contribution in [0.5, 0.6) is 0 Å². The first-order valence-corrected chi connectivity index (χ1v) is 10.6. The monoisotopic (exact) mass is 467 g/mol. The highest BCUT2D eigenvalue weighted by Crippen LogP contribution is 2.14. The van der Waals surface area contributed by atoms with E-state index in [1.165, 1.54) is 6.07 Å². The number of carbonyl (C=O) groups is 3. The number of para-hydroxylation sites is 1. The van der Waals surface area contributed by atoms with E-state index in [0.29, 0.717) is 11.1 Å². The second kappa shape index (κ2) is 10.9. The van der Waals surface area contributed by atoms with Gasteiger partial charge >= 0.3 is 17.7 Å². The predicted molar refractivity (Wildman–Crippen MR) is 124 cm³/mol. The molecule has 11 heteroatoms. The Morgan fingerprint density at radius 2 is 1.71 bits per heavy atom. The van der Waals surface area contributed by atoms with Crippen LogP contribution in [0.4, 0.5) is 4.79 Å². The topological polar surface area (TPSA) is 176 Å². The number of nitrogens with zero attached hydrogens (tertiary/aromatic N) is 1. The Balaban J connectivity index is 1.95. The molecule has 0 fully saturated rings. The van der Waals surface area contributed by atoms with E-state index in [4.69, 9.17) is 5.73 Å². The number of aliphatic carboxylic acids is 1. The SMILES string of the molecule is NC(=O)NCCCC(NC(=O)C(Cc1ccccc1)n1c(=O)[nH]c2ccccc2c1=O)C(=O)O. The average Bonchev–Trinajstić information content (AvgIpc) is 2.80. The lowest BCUT2D eigenvalue weighted by Crippen LogP contribution is -2.49. The fraction of sp³-hybridized carbons (Fsp3) is 0.261. The van der Waals surface area contributed by atoms with Crippen molar-refractivity contribution in [3.8, 4) is 0 Å². The molecule has 0 radical (unpaired) electrons. The van der Waals surface area contributed by atoms with Gasteiger partial charge in [0.25, 0.3) is 5.56 Å². The van der Waals surface area contributed by atoms with Gasteiger partial charge in [-0.25, -0.2) is 19.0 Å². The number of primary amides is 1. The molecule has 2 atom stereocenters. The summed E-state index contributed by atoms with van der Waals surface area (Å²) in [4.78, 5) is 64.4. The lowest BCUT2D eigenvalue weighted by molar-refractivity contribution is -0.142. The summed E-state index contributed by atoms with van der Waals surface area (Å²) in [6.07, 6.45) is 0.228. The summed E-state index contributed by atoms with van der Waals surface area (Å²) in [6, 6.07) is 11.9. The maximum absolute atomic E-state index is 13.3. The van der Waals surface area contributed by atoms with E-state index in [1.807, 2.05) is 0 Å². The van der Waals surface area contributed by atoms with Crippen molar-refractivity contribution in [1.29, 1.82) is 0 Å². The highest BCUT2D eigenvalue weighted by atomic mass is 16.4. The molecule has 0 aliphatic heterocycles. The minimum atomic E-state index is -1.30. The smallest absolute Gasteiger partial charge is 0.329 e. The molecule has 0 saturated carbocycles. The van der Waals surface area contributed by atoms with Gasteiger partial charge < -0.3 is 26.5 Å². The van der Waals surface area contributed by atoms with Crippen LogP contribution in [0, 0.1) is 0 Å². The highest BCUT2D eigenvalue weighted by molar-refractivity contribution is 5.86. The zero-order valence-corrected chi connectivity index (χ0v) is 18.2. The Labute approximate surface area is 193 Å². The molecule has 1 heterocycles. The number of H-pyrrole nitrogens is 1. The van der Waals surface area contributed by atoms with Crippen molar-refractivity contribution in [2.45, 2.75) is 31.3 Å². The van der Waals surface area contributed by atoms with Crippen molar-refractivity contribution in [1.82, 2.24) is 20.2 Å². The molecule has 0 bridgehead atoms. The Morgan fingerprint density at radius 3 is 2.38 bits per heavy atom. The van der Waals surface area contributed by atoms with Crippen molar-refractivity contribution < 1.29 is 19.5 Å². The standard InChI is InChI=1S/C23H25N5O6/c24-22(33)25-12-6-11-17(21(31)32)26-19(29)18(13-14-7-2-1-3-8-14)28-20(30)15-9-4-5-10-16(15)27-23(28)34/h1-5,7-10,17-18H,6,11-13H2,(H,26,29)(H,27,34)(H,31,32)(H3,24,25,33). The minimum absolute atomic E-state index is 0.00237. The molecular weight excluding hydrogens is 442 g/mol. The number of amides is 3. The summed E-state index contributed by atoms with van der Waals surface area (Å²) in [7, 11) is 0. The number of carbonyl (C=O) groups excluding carboxylic acids is 2. The predicted octanol–water partition coefficient (Wildman–Crippen LogP) is 0.492. The molecule has 3 aromatic rings. The van der Waals surface area contributed by atoms with E-state index in [0.717, 1.165) is 4.57 Å². The number of aromatic nitrogens is 2. The molecule has 0 spiro atoms. The number of aromatic amines is 1. The molecule has 11 nitrogen and oxygen atoms in total. The van der Waals surface area contributed by atoms with E-state index in [-0.39, 0.29) is 31.2 Å². The van der Waals surface area contributed by atoms with Gasteiger partial charge in [-0.1, -0.05) is 42.5 Å². The number of carboxylic acid groups (broad SMARTS) is 1. The second-order valence-electron chi connectivity index (χ2n) is 7.69. The number of rotatable bonds is 10. The van der Waals surface area contributed by atoms with E-state index in [2.05, 4.69) is 15.6 Å². The zero-order valence-electron chi connectivity index (χ0n) is 18.2. The first-order chi connectivity index (χ1) is 16.3. The van der Waals surface area contributed by atoms with Crippen LogP contribution in [0.1, 0.15) is 24.4 Å². The number of nitrogens with one attached hydrogen (secondary N) is 3. The minimum Gasteiger partial charge on any atom is -0.480 e. The van der Waals surface area contributed by atoms with Crippen molar-refractivity contribution in [3.63, 3.8) is 0 Å². The van der Waals surface area contributed by atoms with Gasteiger partial charge in [-0.15, -0.1) is 0 Å². The summed E-state index contributed by atoms with van der Waals surface area (Å²) in [5.41, 5.74) is 4.57. The maximum Gasteiger partial charge on any atom is 0.329 e. The van der Waals surface area contributed by atoms with Crippen LogP contribution < -0.4 is 27.6 Å². The van der Waals surface area contributed by atoms with Crippen molar-refractivity contribution in [2.24, 2.45) is 5.73 Å². The maximum atomic E-state index is 13.3. The molecule has 0 aliphatic rings. The van der Waals surface area contributed by atoms with Gasteiger partial charge in [-0.2, -0.15) is 0 Å². The highest BCUT2D eigenvalue weighted by Gasteiger charge is 2.29. The van der Waals surface area contributed by atoms with Gasteiger partial charge in [-0.05, 0) is 30.5 Å². The number of carboxylic acids is 1. The molecule has 6 N–H and O–H groups in total. The molecule has 3 rings (SSSR count). The van der Waals surface area contributed by atoms with Gasteiger partial charge in [0.15, 0.2) is 0 Å². The molecular formula is C23H25N5O6. The normalized spacial score (nSPS) is 12.6. The van der Waals surface area contributed by atoms with E-state index < -0.39 is 41.2 Å². The third-order valence-corrected chi connectivity index (χ3v) is 5.31. The molecule has 34 heavy (non-hydrogen) atoms. The summed E-state index contributed by atoms with van der Waals surface area (Å²) in [5, 5.41) is 14.6. The number of benzene rings is 2. The first-order valence-electron chi connectivity index (χ1n) is 10.6. The Kier molecular flexibility index (Phi) is 7.80. The lowest BCUT2D eigenvalue weighted by Gasteiger charge is -2.22. The summed E-state index contributed by atoms with van der Waals surface area (Å²) in [5.74, 6) is -2.08. The van der Waals surface area contributed by atoms with Crippen molar-refractivity contribution in [3.05, 3.63) is 81.0 Å². The Morgan fingerprint density at radius 1 is 1.03 bits per heavy atom. The molecule has 0 aliphatic carbocycles. The number of urea groups is 1. The molecule has 3 amide bonds. The molecule has 2 unspecified atom stereocenters. The number of hydrogen-bond acceptors (Lipinski definition) is 5. The van der Waals surface area contributed by atoms with Crippen LogP contribution in [-0.2, 0) is 16.0 Å². The van der Waals surface area contributed by atoms with Crippen LogP contribution in [0.15, 0.2) is 64.2 Å². The fourth-order valence-corrected chi connectivity index (χ4v) is 3.64. The molecule has 2 aromatic carbocycles. The number of nitrogens with two attached hydrogens (primary N) is 1. The summed E-state index contributed by atoms with van der Waals surface area (Å²) < 4.78 is 0.818. The second-order valence-corrected chi connectivity index (χ2v) is 7.69. The largest absolute Gasteiger partial charge is 0.480 e. The Hall–Kier alpha value is -4.41. The quantitative estimate of drug-likeness (QED) is 0.271. The molecule has 1 aromatic heterocycles. The number of fused-ring (bicyclic) bond motifs is 1. The number of hydrogen-bond donors (Lipinski definition) is 5. The van der Waals surface area contributed by atoms with Gasteiger partial charge in [0.2, 0.25) is 5.91 Å². The van der Waals surface area contributed by atoms with Crippen LogP contribution >= 0.6 is 0 Å². The van der Waals surface area contributed by atoms with Crippen molar-refractivity contribution >= 4 is 28.8 Å². The average molecular weight is 467 g/mol. The third-order valence-electron chi connectivity index (χ3n) is 5.31. The van der Waals surface area contributed by atoms with Gasteiger partial charge in [0.1, 0.15) is 12.1 Å². The van der Waals surface area contributed by atoms with E-state index in [1.54, 1.807) is 48.5 Å². The van der Waals surface area contributed by atoms with Crippen molar-refractivity contribution in [2.75, 3.05) is 6.54 Å². The summed E-state index contributed by atoms with van der Waals surface area (Å²) in [6.45, 7) is 0.131. The zero-order chi connectivity index (χ0) is 24.7. The summed E-state index contributed by atoms with van der Waals surface area (Å²) >= 11 is 0. The van der Waals surface area contributed by atoms with Gasteiger partial charge in [0, 0.05) is 13.0 Å². The third kappa shape index (κ3) is 5.88. The van der Waals surface area contributed by atoms with E-state index >= 15 is 0 Å². The van der Waals surface area contributed by atoms with E-state index in [9.17, 15) is 29.1 Å². The first kappa shape index (κ1) is 24.2. The lowest BCUT2D eigenvalue weighted by atomic mass is 10.0. The van der Waals surface area contributed by atoms with Crippen LogP contribution in [0.2, 0.25) is 0 Å². The fourth-order valence-electron chi connectivity index (χ4n) is 3.64. The molecule has 178 valence electrons. The molecule has 0 saturated heterocycles. The van der Waals surface area contributed by atoms with Gasteiger partial charge in [0.05, 0.1) is 10.9 Å². The van der Waals surface area contributed by atoms with Gasteiger partial charge in [-0.3, -0.25) is 9.59 Å². The van der Waals surface area contributed by atoms with Crippen LogP contribution in [0.25, 0.3) is 10.9 Å². The van der Waals surface area contributed by atoms with Crippen LogP contribution in [0.3, 0.4) is 0 Å².